The molecule has 0 unspecified atom stereocenters. The molecule has 1 atom stereocenters. The van der Waals surface area contributed by atoms with Crippen LogP contribution in [-0.4, -0.2) is 35.1 Å². The number of likely N-dealkylation sites (tertiary alicyclic amines) is 1. The minimum atomic E-state index is -0.742. The molecule has 0 saturated carbocycles. The number of benzene rings is 1. The fraction of sp³-hybridized carbons (Fsp3) is 0.500. The highest BCUT2D eigenvalue weighted by molar-refractivity contribution is 6.31. The normalized spacial score (nSPS) is 17.9. The molecule has 0 amide bonds. The van der Waals surface area contributed by atoms with Gasteiger partial charge in [-0.2, -0.15) is 0 Å². The van der Waals surface area contributed by atoms with Crippen molar-refractivity contribution in [1.82, 2.24) is 4.90 Å². The Labute approximate surface area is 112 Å². The zero-order valence-electron chi connectivity index (χ0n) is 10.5. The number of carboxylic acid groups (broad SMARTS) is 1. The van der Waals surface area contributed by atoms with E-state index in [1.165, 1.54) is 0 Å². The summed E-state index contributed by atoms with van der Waals surface area (Å²) in [6, 6.07) is 5.36. The van der Waals surface area contributed by atoms with E-state index in [0.29, 0.717) is 11.4 Å². The Hall–Kier alpha value is -1.06. The van der Waals surface area contributed by atoms with Gasteiger partial charge in [-0.3, -0.25) is 9.69 Å². The zero-order valence-corrected chi connectivity index (χ0v) is 11.3. The van der Waals surface area contributed by atoms with Crippen molar-refractivity contribution in [3.8, 4) is 0 Å². The molecular weight excluding hydrogens is 250 g/mol. The number of nitrogens with zero attached hydrogens (tertiary/aromatic N) is 1. The second-order valence-corrected chi connectivity index (χ2v) is 5.29. The van der Waals surface area contributed by atoms with Gasteiger partial charge >= 0.3 is 5.97 Å². The minimum absolute atomic E-state index is 0.425. The van der Waals surface area contributed by atoms with E-state index < -0.39 is 12.0 Å². The standard InChI is InChI=1S/C14H18ClNO2/c1-10-4-5-11(8-12(10)15)9-13(14(17)18)16-6-2-3-7-16/h4-5,8,13H,2-3,6-7,9H2,1H3,(H,17,18)/t13-/m0/s1. The summed E-state index contributed by atoms with van der Waals surface area (Å²) < 4.78 is 0. The monoisotopic (exact) mass is 267 g/mol. The Bertz CT molecular complexity index is 441. The van der Waals surface area contributed by atoms with Gasteiger partial charge in [0.2, 0.25) is 0 Å². The molecule has 18 heavy (non-hydrogen) atoms. The van der Waals surface area contributed by atoms with Crippen LogP contribution in [-0.2, 0) is 11.2 Å². The van der Waals surface area contributed by atoms with Crippen molar-refractivity contribution in [3.63, 3.8) is 0 Å². The molecule has 3 nitrogen and oxygen atoms in total. The lowest BCUT2D eigenvalue weighted by atomic mass is 10.0. The van der Waals surface area contributed by atoms with Gasteiger partial charge in [-0.05, 0) is 56.5 Å². The summed E-state index contributed by atoms with van der Waals surface area (Å²) in [5.41, 5.74) is 2.01. The maximum atomic E-state index is 11.4. The van der Waals surface area contributed by atoms with E-state index in [-0.39, 0.29) is 0 Å². The summed E-state index contributed by atoms with van der Waals surface area (Å²) >= 11 is 6.08. The summed E-state index contributed by atoms with van der Waals surface area (Å²) in [4.78, 5) is 13.4. The number of carbonyl (C=O) groups is 1. The van der Waals surface area contributed by atoms with E-state index in [1.807, 2.05) is 25.1 Å². The van der Waals surface area contributed by atoms with Gasteiger partial charge in [-0.25, -0.2) is 0 Å². The number of carboxylic acids is 1. The molecular formula is C14H18ClNO2. The molecule has 1 N–H and O–H groups in total. The first-order chi connectivity index (χ1) is 8.58. The number of hydrogen-bond donors (Lipinski definition) is 1. The second-order valence-electron chi connectivity index (χ2n) is 4.88. The fourth-order valence-corrected chi connectivity index (χ4v) is 2.62. The molecule has 98 valence electrons. The van der Waals surface area contributed by atoms with E-state index in [9.17, 15) is 9.90 Å². The molecule has 1 aliphatic rings. The molecule has 1 saturated heterocycles. The molecule has 2 rings (SSSR count). The maximum Gasteiger partial charge on any atom is 0.321 e. The molecule has 0 radical (unpaired) electrons. The van der Waals surface area contributed by atoms with Crippen LogP contribution in [0.3, 0.4) is 0 Å². The van der Waals surface area contributed by atoms with Gasteiger partial charge in [-0.15, -0.1) is 0 Å². The van der Waals surface area contributed by atoms with E-state index in [1.54, 1.807) is 0 Å². The van der Waals surface area contributed by atoms with Gasteiger partial charge in [-0.1, -0.05) is 23.7 Å². The van der Waals surface area contributed by atoms with Crippen LogP contribution in [0, 0.1) is 6.92 Å². The lowest BCUT2D eigenvalue weighted by molar-refractivity contribution is -0.142. The molecule has 1 fully saturated rings. The highest BCUT2D eigenvalue weighted by atomic mass is 35.5. The van der Waals surface area contributed by atoms with E-state index in [2.05, 4.69) is 4.90 Å². The lowest BCUT2D eigenvalue weighted by Gasteiger charge is -2.23. The Morgan fingerprint density at radius 3 is 2.67 bits per heavy atom. The van der Waals surface area contributed by atoms with Crippen molar-refractivity contribution >= 4 is 17.6 Å². The Balaban J connectivity index is 2.12. The third-order valence-electron chi connectivity index (χ3n) is 3.53. The van der Waals surface area contributed by atoms with Gasteiger partial charge in [0.25, 0.3) is 0 Å². The van der Waals surface area contributed by atoms with Crippen LogP contribution in [0.1, 0.15) is 24.0 Å². The van der Waals surface area contributed by atoms with Crippen molar-refractivity contribution < 1.29 is 9.90 Å². The summed E-state index contributed by atoms with van der Waals surface area (Å²) in [6.07, 6.45) is 2.71. The number of halogens is 1. The van der Waals surface area contributed by atoms with Crippen LogP contribution in [0.25, 0.3) is 0 Å². The summed E-state index contributed by atoms with van der Waals surface area (Å²) in [5, 5.41) is 10.1. The smallest absolute Gasteiger partial charge is 0.321 e. The largest absolute Gasteiger partial charge is 0.480 e. The predicted octanol–water partition coefficient (Wildman–Crippen LogP) is 2.74. The Morgan fingerprint density at radius 2 is 2.11 bits per heavy atom. The summed E-state index contributed by atoms with van der Waals surface area (Å²) in [5.74, 6) is -0.742. The Kier molecular flexibility index (Phi) is 4.25. The molecule has 0 aromatic heterocycles. The van der Waals surface area contributed by atoms with Crippen molar-refractivity contribution in [3.05, 3.63) is 34.3 Å². The van der Waals surface area contributed by atoms with Crippen molar-refractivity contribution in [2.45, 2.75) is 32.2 Å². The average molecular weight is 268 g/mol. The van der Waals surface area contributed by atoms with Gasteiger partial charge in [0.05, 0.1) is 0 Å². The molecule has 4 heteroatoms. The molecule has 0 spiro atoms. The quantitative estimate of drug-likeness (QED) is 0.912. The van der Waals surface area contributed by atoms with E-state index in [0.717, 1.165) is 37.1 Å². The molecule has 1 aromatic carbocycles. The van der Waals surface area contributed by atoms with Crippen LogP contribution >= 0.6 is 11.6 Å². The van der Waals surface area contributed by atoms with Crippen LogP contribution in [0.2, 0.25) is 5.02 Å². The molecule has 1 aromatic rings. The van der Waals surface area contributed by atoms with Crippen LogP contribution < -0.4 is 0 Å². The first-order valence-electron chi connectivity index (χ1n) is 6.30. The molecule has 0 aliphatic carbocycles. The van der Waals surface area contributed by atoms with Crippen molar-refractivity contribution in [2.24, 2.45) is 0 Å². The zero-order chi connectivity index (χ0) is 13.1. The van der Waals surface area contributed by atoms with E-state index >= 15 is 0 Å². The van der Waals surface area contributed by atoms with Crippen LogP contribution in [0.15, 0.2) is 18.2 Å². The molecule has 0 bridgehead atoms. The van der Waals surface area contributed by atoms with Crippen molar-refractivity contribution in [1.29, 1.82) is 0 Å². The summed E-state index contributed by atoms with van der Waals surface area (Å²) in [7, 11) is 0. The minimum Gasteiger partial charge on any atom is -0.480 e. The SMILES string of the molecule is Cc1ccc(C[C@@H](C(=O)O)N2CCCC2)cc1Cl. The number of aliphatic carboxylic acids is 1. The number of hydrogen-bond acceptors (Lipinski definition) is 2. The average Bonchev–Trinajstić information content (AvgIpc) is 2.83. The van der Waals surface area contributed by atoms with Crippen LogP contribution in [0.5, 0.6) is 0 Å². The van der Waals surface area contributed by atoms with Gasteiger partial charge in [0.15, 0.2) is 0 Å². The first-order valence-corrected chi connectivity index (χ1v) is 6.67. The highest BCUT2D eigenvalue weighted by Crippen LogP contribution is 2.20. The lowest BCUT2D eigenvalue weighted by Crippen LogP contribution is -2.40. The maximum absolute atomic E-state index is 11.4. The van der Waals surface area contributed by atoms with Gasteiger partial charge < -0.3 is 5.11 Å². The van der Waals surface area contributed by atoms with Crippen molar-refractivity contribution in [2.75, 3.05) is 13.1 Å². The number of aryl methyl sites for hydroxylation is 1. The molecule has 1 heterocycles. The van der Waals surface area contributed by atoms with Crippen LogP contribution in [0.4, 0.5) is 0 Å². The molecule has 1 aliphatic heterocycles. The predicted molar refractivity (Wildman–Crippen MR) is 72.1 cm³/mol. The van der Waals surface area contributed by atoms with Gasteiger partial charge in [0.1, 0.15) is 6.04 Å². The second kappa shape index (κ2) is 5.72. The summed E-state index contributed by atoms with van der Waals surface area (Å²) in [6.45, 7) is 3.72. The Morgan fingerprint density at radius 1 is 1.44 bits per heavy atom. The van der Waals surface area contributed by atoms with E-state index in [4.69, 9.17) is 11.6 Å². The first kappa shape index (κ1) is 13.4. The topological polar surface area (TPSA) is 40.5 Å². The highest BCUT2D eigenvalue weighted by Gasteiger charge is 2.27. The van der Waals surface area contributed by atoms with Gasteiger partial charge in [0, 0.05) is 5.02 Å². The third kappa shape index (κ3) is 3.03. The number of rotatable bonds is 4. The fourth-order valence-electron chi connectivity index (χ4n) is 2.41. The third-order valence-corrected chi connectivity index (χ3v) is 3.94.